The molecule has 1 N–H and O–H groups in total. The smallest absolute Gasteiger partial charge is 0.223 e. The van der Waals surface area contributed by atoms with Gasteiger partial charge in [0.2, 0.25) is 11.8 Å². The van der Waals surface area contributed by atoms with Crippen molar-refractivity contribution in [1.29, 1.82) is 0 Å². The summed E-state index contributed by atoms with van der Waals surface area (Å²) in [4.78, 5) is 26.2. The first kappa shape index (κ1) is 20.7. The van der Waals surface area contributed by atoms with Crippen LogP contribution in [0.15, 0.2) is 24.3 Å². The number of carbonyl (C=O) groups excluding carboxylic acids is 2. The van der Waals surface area contributed by atoms with E-state index >= 15 is 0 Å². The van der Waals surface area contributed by atoms with Crippen LogP contribution < -0.4 is 10.1 Å². The van der Waals surface area contributed by atoms with Gasteiger partial charge in [0.1, 0.15) is 5.75 Å². The van der Waals surface area contributed by atoms with E-state index in [-0.39, 0.29) is 29.2 Å². The van der Waals surface area contributed by atoms with Gasteiger partial charge in [-0.05, 0) is 55.2 Å². The fourth-order valence-corrected chi connectivity index (χ4v) is 3.56. The number of ether oxygens (including phenoxy) is 1. The van der Waals surface area contributed by atoms with Crippen LogP contribution in [0.25, 0.3) is 0 Å². The van der Waals surface area contributed by atoms with Crippen LogP contribution in [0.3, 0.4) is 0 Å². The maximum absolute atomic E-state index is 12.4. The van der Waals surface area contributed by atoms with Crippen molar-refractivity contribution in [3.8, 4) is 5.75 Å². The molecule has 5 nitrogen and oxygen atoms in total. The molecular formula is C23H34N2O3. The molecule has 1 heterocycles. The number of piperidine rings is 1. The summed E-state index contributed by atoms with van der Waals surface area (Å²) in [6, 6.07) is 8.45. The number of amides is 2. The summed E-state index contributed by atoms with van der Waals surface area (Å²) in [6.45, 7) is 8.61. The molecule has 0 spiro atoms. The molecule has 2 aliphatic rings. The van der Waals surface area contributed by atoms with Crippen molar-refractivity contribution in [3.05, 3.63) is 29.8 Å². The summed E-state index contributed by atoms with van der Waals surface area (Å²) in [7, 11) is 0. The largest absolute Gasteiger partial charge is 0.494 e. The molecule has 1 saturated carbocycles. The van der Waals surface area contributed by atoms with Crippen LogP contribution in [0.1, 0.15) is 64.9 Å². The van der Waals surface area contributed by atoms with Gasteiger partial charge >= 0.3 is 0 Å². The van der Waals surface area contributed by atoms with E-state index in [1.165, 1.54) is 5.56 Å². The molecule has 0 aromatic heterocycles. The number of rotatable bonds is 7. The number of likely N-dealkylation sites (tertiary alicyclic amines) is 1. The molecule has 0 atom stereocenters. The molecule has 1 aliphatic carbocycles. The Balaban J connectivity index is 1.31. The second-order valence-electron chi connectivity index (χ2n) is 9.16. The number of carbonyl (C=O) groups is 2. The van der Waals surface area contributed by atoms with E-state index in [4.69, 9.17) is 4.74 Å². The van der Waals surface area contributed by atoms with Crippen molar-refractivity contribution in [1.82, 2.24) is 10.2 Å². The highest BCUT2D eigenvalue weighted by Crippen LogP contribution is 2.29. The zero-order chi connectivity index (χ0) is 20.1. The molecule has 2 amide bonds. The Hall–Kier alpha value is -2.04. The van der Waals surface area contributed by atoms with Gasteiger partial charge in [-0.1, -0.05) is 32.9 Å². The van der Waals surface area contributed by atoms with Crippen LogP contribution in [-0.2, 0) is 15.0 Å². The van der Waals surface area contributed by atoms with E-state index < -0.39 is 0 Å². The third-order valence-corrected chi connectivity index (χ3v) is 5.67. The van der Waals surface area contributed by atoms with Crippen molar-refractivity contribution < 1.29 is 14.3 Å². The minimum atomic E-state index is 0.138. The Morgan fingerprint density at radius 2 is 1.71 bits per heavy atom. The van der Waals surface area contributed by atoms with Crippen LogP contribution in [-0.4, -0.2) is 42.5 Å². The predicted molar refractivity (Wildman–Crippen MR) is 110 cm³/mol. The van der Waals surface area contributed by atoms with Gasteiger partial charge in [-0.15, -0.1) is 0 Å². The quantitative estimate of drug-likeness (QED) is 0.728. The molecule has 1 aliphatic heterocycles. The van der Waals surface area contributed by atoms with Crippen LogP contribution in [0.5, 0.6) is 5.75 Å². The van der Waals surface area contributed by atoms with Crippen LogP contribution >= 0.6 is 0 Å². The van der Waals surface area contributed by atoms with Gasteiger partial charge in [0.05, 0.1) is 6.61 Å². The summed E-state index contributed by atoms with van der Waals surface area (Å²) in [6.07, 6.45) is 5.02. The highest BCUT2D eigenvalue weighted by atomic mass is 16.5. The molecule has 0 unspecified atom stereocenters. The average molecular weight is 387 g/mol. The fourth-order valence-electron chi connectivity index (χ4n) is 3.56. The monoisotopic (exact) mass is 386 g/mol. The van der Waals surface area contributed by atoms with Crippen molar-refractivity contribution in [3.63, 3.8) is 0 Å². The van der Waals surface area contributed by atoms with Crippen molar-refractivity contribution in [2.45, 2.75) is 70.8 Å². The van der Waals surface area contributed by atoms with E-state index in [2.05, 4.69) is 38.2 Å². The van der Waals surface area contributed by atoms with Crippen LogP contribution in [0.2, 0.25) is 0 Å². The number of nitrogens with zero attached hydrogens (tertiary/aromatic N) is 1. The van der Waals surface area contributed by atoms with Gasteiger partial charge in [-0.25, -0.2) is 0 Å². The lowest BCUT2D eigenvalue weighted by Gasteiger charge is -2.32. The lowest BCUT2D eigenvalue weighted by Crippen LogP contribution is -2.46. The van der Waals surface area contributed by atoms with E-state index in [0.29, 0.717) is 13.0 Å². The topological polar surface area (TPSA) is 58.6 Å². The molecule has 154 valence electrons. The van der Waals surface area contributed by atoms with Gasteiger partial charge in [0.25, 0.3) is 0 Å². The molecule has 28 heavy (non-hydrogen) atoms. The van der Waals surface area contributed by atoms with E-state index in [1.807, 2.05) is 17.0 Å². The number of hydrogen-bond donors (Lipinski definition) is 1. The normalized spacial score (nSPS) is 18.0. The summed E-state index contributed by atoms with van der Waals surface area (Å²) < 4.78 is 5.78. The molecular weight excluding hydrogens is 352 g/mol. The van der Waals surface area contributed by atoms with E-state index in [0.717, 1.165) is 50.9 Å². The lowest BCUT2D eigenvalue weighted by atomic mass is 9.87. The van der Waals surface area contributed by atoms with E-state index in [9.17, 15) is 9.59 Å². The third kappa shape index (κ3) is 5.98. The Morgan fingerprint density at radius 1 is 1.07 bits per heavy atom. The van der Waals surface area contributed by atoms with Gasteiger partial charge in [0.15, 0.2) is 0 Å². The first-order valence-corrected chi connectivity index (χ1v) is 10.6. The minimum Gasteiger partial charge on any atom is -0.494 e. The van der Waals surface area contributed by atoms with Gasteiger partial charge in [-0.2, -0.15) is 0 Å². The Kier molecular flexibility index (Phi) is 6.63. The first-order valence-electron chi connectivity index (χ1n) is 10.6. The second-order valence-corrected chi connectivity index (χ2v) is 9.16. The first-order chi connectivity index (χ1) is 13.3. The number of benzene rings is 1. The van der Waals surface area contributed by atoms with Gasteiger partial charge < -0.3 is 15.0 Å². The fraction of sp³-hybridized carbons (Fsp3) is 0.652. The molecule has 2 fully saturated rings. The SMILES string of the molecule is CC(C)(C)c1ccc(OCCCC(=O)N2CCC(NC(=O)C3CC3)CC2)cc1. The molecule has 1 saturated heterocycles. The van der Waals surface area contributed by atoms with Gasteiger partial charge in [0, 0.05) is 31.5 Å². The van der Waals surface area contributed by atoms with Crippen molar-refractivity contribution >= 4 is 11.8 Å². The number of hydrogen-bond acceptors (Lipinski definition) is 3. The molecule has 3 rings (SSSR count). The highest BCUT2D eigenvalue weighted by Gasteiger charge is 2.32. The summed E-state index contributed by atoms with van der Waals surface area (Å²) in [5.74, 6) is 1.51. The van der Waals surface area contributed by atoms with Crippen LogP contribution in [0, 0.1) is 5.92 Å². The molecule has 1 aromatic carbocycles. The molecule has 0 bridgehead atoms. The Bertz CT molecular complexity index is 666. The highest BCUT2D eigenvalue weighted by molar-refractivity contribution is 5.81. The minimum absolute atomic E-state index is 0.138. The van der Waals surface area contributed by atoms with Gasteiger partial charge in [-0.3, -0.25) is 9.59 Å². The predicted octanol–water partition coefficient (Wildman–Crippen LogP) is 3.66. The molecule has 1 aromatic rings. The van der Waals surface area contributed by atoms with E-state index in [1.54, 1.807) is 0 Å². The van der Waals surface area contributed by atoms with Crippen LogP contribution in [0.4, 0.5) is 0 Å². The zero-order valence-electron chi connectivity index (χ0n) is 17.5. The Labute approximate surface area is 168 Å². The number of nitrogens with one attached hydrogen (secondary N) is 1. The molecule has 5 heteroatoms. The standard InChI is InChI=1S/C23H34N2O3/c1-23(2,3)18-8-10-20(11-9-18)28-16-4-5-21(26)25-14-12-19(13-15-25)24-22(27)17-6-7-17/h8-11,17,19H,4-7,12-16H2,1-3H3,(H,24,27). The zero-order valence-corrected chi connectivity index (χ0v) is 17.5. The summed E-state index contributed by atoms with van der Waals surface area (Å²) >= 11 is 0. The molecule has 0 radical (unpaired) electrons. The maximum atomic E-state index is 12.4. The Morgan fingerprint density at radius 3 is 2.29 bits per heavy atom. The van der Waals surface area contributed by atoms with Crippen molar-refractivity contribution in [2.75, 3.05) is 19.7 Å². The van der Waals surface area contributed by atoms with Crippen molar-refractivity contribution in [2.24, 2.45) is 5.92 Å². The second kappa shape index (κ2) is 8.97. The lowest BCUT2D eigenvalue weighted by molar-refractivity contribution is -0.132. The third-order valence-electron chi connectivity index (χ3n) is 5.67. The summed E-state index contributed by atoms with van der Waals surface area (Å²) in [5.41, 5.74) is 1.42. The summed E-state index contributed by atoms with van der Waals surface area (Å²) in [5, 5.41) is 3.13. The maximum Gasteiger partial charge on any atom is 0.223 e. The average Bonchev–Trinajstić information content (AvgIpc) is 3.51.